The topological polar surface area (TPSA) is 36.9 Å². The van der Waals surface area contributed by atoms with Gasteiger partial charge in [0.1, 0.15) is 11.9 Å². The molecule has 2 aromatic rings. The van der Waals surface area contributed by atoms with E-state index in [2.05, 4.69) is 6.07 Å². The van der Waals surface area contributed by atoms with E-state index in [1.165, 1.54) is 0 Å². The van der Waals surface area contributed by atoms with Gasteiger partial charge in [0.15, 0.2) is 11.5 Å². The van der Waals surface area contributed by atoms with Gasteiger partial charge in [-0.3, -0.25) is 0 Å². The Balaban J connectivity index is 2.02. The number of benzene rings is 2. The van der Waals surface area contributed by atoms with E-state index in [4.69, 9.17) is 30.5 Å². The molecule has 128 valence electrons. The molecule has 4 nitrogen and oxygen atoms in total. The minimum absolute atomic E-state index is 0.00209. The van der Waals surface area contributed by atoms with Crippen LogP contribution < -0.4 is 18.9 Å². The molecule has 5 heteroatoms. The molecule has 24 heavy (non-hydrogen) atoms. The average Bonchev–Trinajstić information content (AvgIpc) is 2.78. The summed E-state index contributed by atoms with van der Waals surface area (Å²) in [6.07, 6.45) is 1.32. The summed E-state index contributed by atoms with van der Waals surface area (Å²) in [4.78, 5) is 0. The largest absolute Gasteiger partial charge is 0.493 e. The highest BCUT2D eigenvalue weighted by Gasteiger charge is 2.27. The minimum Gasteiger partial charge on any atom is -0.493 e. The van der Waals surface area contributed by atoms with Crippen molar-refractivity contribution >= 4 is 11.6 Å². The lowest BCUT2D eigenvalue weighted by atomic mass is 10.0. The van der Waals surface area contributed by atoms with Gasteiger partial charge in [-0.15, -0.1) is 11.6 Å². The third-order valence-corrected chi connectivity index (χ3v) is 4.54. The van der Waals surface area contributed by atoms with Gasteiger partial charge in [0, 0.05) is 11.8 Å². The monoisotopic (exact) mass is 348 g/mol. The SMILES string of the molecule is COc1cc([C@H]2C[C@H](Cl)Cc3ccccc3O2)cc(OC)c1OC. The van der Waals surface area contributed by atoms with E-state index in [0.717, 1.165) is 23.3 Å². The molecule has 0 unspecified atom stereocenters. The summed E-state index contributed by atoms with van der Waals surface area (Å²) in [5, 5.41) is -0.00209. The van der Waals surface area contributed by atoms with E-state index < -0.39 is 0 Å². The van der Waals surface area contributed by atoms with E-state index in [-0.39, 0.29) is 11.5 Å². The molecule has 1 aliphatic rings. The number of hydrogen-bond donors (Lipinski definition) is 0. The van der Waals surface area contributed by atoms with Crippen molar-refractivity contribution in [1.29, 1.82) is 0 Å². The van der Waals surface area contributed by atoms with Crippen LogP contribution in [0.3, 0.4) is 0 Å². The third-order valence-electron chi connectivity index (χ3n) is 4.21. The van der Waals surface area contributed by atoms with Crippen molar-refractivity contribution in [3.8, 4) is 23.0 Å². The Morgan fingerprint density at radius 3 is 2.29 bits per heavy atom. The van der Waals surface area contributed by atoms with Gasteiger partial charge in [-0.1, -0.05) is 18.2 Å². The lowest BCUT2D eigenvalue weighted by Gasteiger charge is -2.21. The van der Waals surface area contributed by atoms with Crippen molar-refractivity contribution in [2.24, 2.45) is 0 Å². The smallest absolute Gasteiger partial charge is 0.203 e. The van der Waals surface area contributed by atoms with E-state index in [0.29, 0.717) is 23.7 Å². The first-order valence-electron chi connectivity index (χ1n) is 7.84. The van der Waals surface area contributed by atoms with Gasteiger partial charge in [-0.25, -0.2) is 0 Å². The van der Waals surface area contributed by atoms with Crippen LogP contribution in [0, 0.1) is 0 Å². The number of hydrogen-bond acceptors (Lipinski definition) is 4. The summed E-state index contributed by atoms with van der Waals surface area (Å²) in [5.74, 6) is 2.66. The lowest BCUT2D eigenvalue weighted by Crippen LogP contribution is -2.12. The van der Waals surface area contributed by atoms with Crippen LogP contribution in [0.15, 0.2) is 36.4 Å². The van der Waals surface area contributed by atoms with Crippen LogP contribution in [0.4, 0.5) is 0 Å². The molecule has 0 N–H and O–H groups in total. The van der Waals surface area contributed by atoms with Gasteiger partial charge in [0.05, 0.1) is 21.3 Å². The third kappa shape index (κ3) is 3.24. The second kappa shape index (κ2) is 7.22. The van der Waals surface area contributed by atoms with Gasteiger partial charge in [0.25, 0.3) is 0 Å². The molecule has 0 saturated carbocycles. The summed E-state index contributed by atoms with van der Waals surface area (Å²) < 4.78 is 22.5. The molecule has 0 radical (unpaired) electrons. The fraction of sp³-hybridized carbons (Fsp3) is 0.368. The molecule has 0 aromatic heterocycles. The van der Waals surface area contributed by atoms with Crippen molar-refractivity contribution in [3.63, 3.8) is 0 Å². The van der Waals surface area contributed by atoms with E-state index in [1.807, 2.05) is 30.3 Å². The molecule has 1 heterocycles. The fourth-order valence-corrected chi connectivity index (χ4v) is 3.36. The summed E-state index contributed by atoms with van der Waals surface area (Å²) in [6, 6.07) is 11.9. The second-order valence-corrected chi connectivity index (χ2v) is 6.33. The number of alkyl halides is 1. The summed E-state index contributed by atoms with van der Waals surface area (Å²) in [5.41, 5.74) is 2.08. The van der Waals surface area contributed by atoms with Crippen LogP contribution in [-0.4, -0.2) is 26.7 Å². The zero-order valence-electron chi connectivity index (χ0n) is 14.0. The molecule has 1 aliphatic heterocycles. The standard InChI is InChI=1S/C19H21ClO4/c1-21-17-9-13(10-18(22-2)19(17)23-3)16-11-14(20)8-12-6-4-5-7-15(12)24-16/h4-7,9-10,14,16H,8,11H2,1-3H3/t14-,16-/m1/s1. The molecule has 0 fully saturated rings. The van der Waals surface area contributed by atoms with E-state index in [9.17, 15) is 0 Å². The molecule has 0 aliphatic carbocycles. The van der Waals surface area contributed by atoms with Crippen LogP contribution in [0.25, 0.3) is 0 Å². The number of fused-ring (bicyclic) bond motifs is 1. The Morgan fingerprint density at radius 2 is 1.67 bits per heavy atom. The first-order valence-corrected chi connectivity index (χ1v) is 8.28. The number of ether oxygens (including phenoxy) is 4. The zero-order chi connectivity index (χ0) is 17.1. The van der Waals surface area contributed by atoms with Gasteiger partial charge in [-0.2, -0.15) is 0 Å². The average molecular weight is 349 g/mol. The quantitative estimate of drug-likeness (QED) is 0.768. The Bertz CT molecular complexity index is 691. The van der Waals surface area contributed by atoms with Crippen LogP contribution >= 0.6 is 11.6 Å². The summed E-state index contributed by atoms with van der Waals surface area (Å²) in [6.45, 7) is 0. The van der Waals surface area contributed by atoms with Crippen molar-refractivity contribution in [2.75, 3.05) is 21.3 Å². The molecule has 0 bridgehead atoms. The predicted octanol–water partition coefficient (Wildman–Crippen LogP) is 4.39. The second-order valence-electron chi connectivity index (χ2n) is 5.71. The highest BCUT2D eigenvalue weighted by atomic mass is 35.5. The Kier molecular flexibility index (Phi) is 5.05. The van der Waals surface area contributed by atoms with Gasteiger partial charge in [0.2, 0.25) is 5.75 Å². The van der Waals surface area contributed by atoms with E-state index in [1.54, 1.807) is 21.3 Å². The first-order chi connectivity index (χ1) is 11.7. The first kappa shape index (κ1) is 16.8. The van der Waals surface area contributed by atoms with Gasteiger partial charge < -0.3 is 18.9 Å². The number of rotatable bonds is 4. The van der Waals surface area contributed by atoms with E-state index >= 15 is 0 Å². The Morgan fingerprint density at radius 1 is 1.00 bits per heavy atom. The molecular weight excluding hydrogens is 328 g/mol. The highest BCUT2D eigenvalue weighted by molar-refractivity contribution is 6.20. The van der Waals surface area contributed by atoms with Crippen LogP contribution in [0.5, 0.6) is 23.0 Å². The minimum atomic E-state index is -0.176. The van der Waals surface area contributed by atoms with Crippen LogP contribution in [0.1, 0.15) is 23.7 Å². The molecule has 0 spiro atoms. The van der Waals surface area contributed by atoms with Crippen molar-refractivity contribution in [2.45, 2.75) is 24.3 Å². The molecule has 2 atom stereocenters. The summed E-state index contributed by atoms with van der Waals surface area (Å²) in [7, 11) is 4.80. The molecule has 0 saturated heterocycles. The maximum Gasteiger partial charge on any atom is 0.203 e. The van der Waals surface area contributed by atoms with Gasteiger partial charge >= 0.3 is 0 Å². The number of para-hydroxylation sites is 1. The van der Waals surface area contributed by atoms with Crippen molar-refractivity contribution in [3.05, 3.63) is 47.5 Å². The predicted molar refractivity (Wildman–Crippen MR) is 93.9 cm³/mol. The molecule has 0 amide bonds. The summed E-state index contributed by atoms with van der Waals surface area (Å²) >= 11 is 6.53. The zero-order valence-corrected chi connectivity index (χ0v) is 14.8. The Hall–Kier alpha value is -2.07. The Labute approximate surface area is 147 Å². The van der Waals surface area contributed by atoms with Crippen molar-refractivity contribution < 1.29 is 18.9 Å². The van der Waals surface area contributed by atoms with Gasteiger partial charge in [-0.05, 0) is 35.7 Å². The normalized spacial score (nSPS) is 19.7. The van der Waals surface area contributed by atoms with Crippen molar-refractivity contribution in [1.82, 2.24) is 0 Å². The fourth-order valence-electron chi connectivity index (χ4n) is 3.03. The lowest BCUT2D eigenvalue weighted by molar-refractivity contribution is 0.199. The molecule has 3 rings (SSSR count). The molecular formula is C19H21ClO4. The van der Waals surface area contributed by atoms with Crippen LogP contribution in [-0.2, 0) is 6.42 Å². The number of methoxy groups -OCH3 is 3. The maximum absolute atomic E-state index is 6.53. The highest BCUT2D eigenvalue weighted by Crippen LogP contribution is 2.43. The number of halogens is 1. The van der Waals surface area contributed by atoms with Crippen LogP contribution in [0.2, 0.25) is 0 Å². The molecule has 2 aromatic carbocycles. The maximum atomic E-state index is 6.53.